The number of anilines is 1. The molecule has 1 unspecified atom stereocenters. The normalized spacial score (nSPS) is 20.9. The lowest BCUT2D eigenvalue weighted by molar-refractivity contribution is -0.127. The highest BCUT2D eigenvalue weighted by Crippen LogP contribution is 2.37. The molecule has 2 fully saturated rings. The third-order valence-electron chi connectivity index (χ3n) is 5.74. The molecule has 164 valence electrons. The van der Waals surface area contributed by atoms with E-state index in [4.69, 9.17) is 21.1 Å². The van der Waals surface area contributed by atoms with Gasteiger partial charge in [0.1, 0.15) is 0 Å². The summed E-state index contributed by atoms with van der Waals surface area (Å²) in [5.74, 6) is 1.18. The molecule has 3 aliphatic rings. The molecule has 2 N–H and O–H groups in total. The number of rotatable bonds is 6. The van der Waals surface area contributed by atoms with E-state index in [2.05, 4.69) is 20.4 Å². The Bertz CT molecular complexity index is 793. The minimum atomic E-state index is -0.137. The van der Waals surface area contributed by atoms with Gasteiger partial charge in [-0.05, 0) is 19.8 Å². The highest BCUT2D eigenvalue weighted by Gasteiger charge is 2.30. The van der Waals surface area contributed by atoms with Crippen molar-refractivity contribution >= 4 is 29.1 Å². The van der Waals surface area contributed by atoms with Gasteiger partial charge in [-0.15, -0.1) is 0 Å². The van der Waals surface area contributed by atoms with Crippen LogP contribution in [0.1, 0.15) is 26.2 Å². The molecule has 1 aliphatic carbocycles. The van der Waals surface area contributed by atoms with Crippen molar-refractivity contribution in [1.29, 1.82) is 0 Å². The van der Waals surface area contributed by atoms with Gasteiger partial charge in [-0.3, -0.25) is 19.4 Å². The molecule has 1 atom stereocenters. The van der Waals surface area contributed by atoms with Crippen molar-refractivity contribution in [3.8, 4) is 11.5 Å². The van der Waals surface area contributed by atoms with Gasteiger partial charge in [0.25, 0.3) is 0 Å². The maximum atomic E-state index is 12.6. The third kappa shape index (κ3) is 5.36. The van der Waals surface area contributed by atoms with Gasteiger partial charge in [-0.2, -0.15) is 0 Å². The Labute approximate surface area is 181 Å². The van der Waals surface area contributed by atoms with Crippen molar-refractivity contribution < 1.29 is 19.1 Å². The highest BCUT2D eigenvalue weighted by molar-refractivity contribution is 6.34. The van der Waals surface area contributed by atoms with Gasteiger partial charge in [0, 0.05) is 50.8 Å². The summed E-state index contributed by atoms with van der Waals surface area (Å²) in [5.41, 5.74) is 0.523. The number of ether oxygens (including phenoxy) is 2. The molecular formula is C21H29ClN4O4. The van der Waals surface area contributed by atoms with Crippen molar-refractivity contribution in [3.63, 3.8) is 0 Å². The number of carbonyl (C=O) groups is 2. The van der Waals surface area contributed by atoms with Crippen molar-refractivity contribution in [3.05, 3.63) is 17.2 Å². The van der Waals surface area contributed by atoms with Crippen molar-refractivity contribution in [2.45, 2.75) is 38.3 Å². The summed E-state index contributed by atoms with van der Waals surface area (Å²) < 4.78 is 11.3. The van der Waals surface area contributed by atoms with E-state index in [-0.39, 0.29) is 24.4 Å². The van der Waals surface area contributed by atoms with Crippen LogP contribution in [0.3, 0.4) is 0 Å². The van der Waals surface area contributed by atoms with E-state index < -0.39 is 0 Å². The summed E-state index contributed by atoms with van der Waals surface area (Å²) in [4.78, 5) is 29.1. The van der Waals surface area contributed by atoms with Gasteiger partial charge < -0.3 is 20.1 Å². The van der Waals surface area contributed by atoms with E-state index in [0.29, 0.717) is 41.5 Å². The quantitative estimate of drug-likeness (QED) is 0.706. The Balaban J connectivity index is 1.26. The van der Waals surface area contributed by atoms with Crippen LogP contribution in [0.2, 0.25) is 5.02 Å². The topological polar surface area (TPSA) is 83.1 Å². The van der Waals surface area contributed by atoms with Crippen LogP contribution in [-0.2, 0) is 9.59 Å². The van der Waals surface area contributed by atoms with Gasteiger partial charge >= 0.3 is 0 Å². The Kier molecular flexibility index (Phi) is 6.65. The minimum Gasteiger partial charge on any atom is -0.490 e. The first-order chi connectivity index (χ1) is 14.5. The molecular weight excluding hydrogens is 408 g/mol. The second kappa shape index (κ2) is 9.41. The molecule has 2 heterocycles. The number of hydrogen-bond donors (Lipinski definition) is 2. The van der Waals surface area contributed by atoms with Gasteiger partial charge in [0.15, 0.2) is 11.5 Å². The number of nitrogens with zero attached hydrogens (tertiary/aromatic N) is 2. The van der Waals surface area contributed by atoms with E-state index in [1.165, 1.54) is 0 Å². The fourth-order valence-electron chi connectivity index (χ4n) is 3.70. The Morgan fingerprint density at radius 1 is 1.13 bits per heavy atom. The summed E-state index contributed by atoms with van der Waals surface area (Å²) in [6.45, 7) is 6.39. The summed E-state index contributed by atoms with van der Waals surface area (Å²) in [6.07, 6.45) is 2.99. The molecule has 0 spiro atoms. The van der Waals surface area contributed by atoms with Crippen molar-refractivity contribution in [1.82, 2.24) is 15.1 Å². The van der Waals surface area contributed by atoms with Crippen LogP contribution in [0, 0.1) is 0 Å². The fourth-order valence-corrected chi connectivity index (χ4v) is 3.90. The monoisotopic (exact) mass is 436 g/mol. The lowest BCUT2D eigenvalue weighted by Crippen LogP contribution is -2.55. The zero-order valence-electron chi connectivity index (χ0n) is 17.3. The largest absolute Gasteiger partial charge is 0.490 e. The second-order valence-corrected chi connectivity index (χ2v) is 8.56. The number of amides is 2. The van der Waals surface area contributed by atoms with Crippen LogP contribution >= 0.6 is 11.6 Å². The molecule has 4 rings (SSSR count). The molecule has 30 heavy (non-hydrogen) atoms. The molecule has 2 amide bonds. The van der Waals surface area contributed by atoms with Crippen LogP contribution in [0.25, 0.3) is 0 Å². The molecule has 2 aliphatic heterocycles. The minimum absolute atomic E-state index is 0.104. The maximum Gasteiger partial charge on any atom is 0.238 e. The van der Waals surface area contributed by atoms with Crippen LogP contribution in [-0.4, -0.2) is 79.6 Å². The first kappa shape index (κ1) is 21.2. The Hall–Kier alpha value is -2.03. The van der Waals surface area contributed by atoms with E-state index in [1.807, 2.05) is 6.92 Å². The SMILES string of the molecule is CC(C(=O)NC1CC1)N1CCN(CC(=O)Nc2cc3c(cc2Cl)OCCCO3)CC1. The molecule has 0 aromatic heterocycles. The van der Waals surface area contributed by atoms with Gasteiger partial charge in [-0.1, -0.05) is 11.6 Å². The summed E-state index contributed by atoms with van der Waals surface area (Å²) in [5, 5.41) is 6.37. The van der Waals surface area contributed by atoms with Crippen molar-refractivity contribution in [2.24, 2.45) is 0 Å². The molecule has 1 aromatic carbocycles. The van der Waals surface area contributed by atoms with Crippen LogP contribution in [0.15, 0.2) is 12.1 Å². The molecule has 9 heteroatoms. The predicted molar refractivity (Wildman–Crippen MR) is 114 cm³/mol. The van der Waals surface area contributed by atoms with Gasteiger partial charge in [0.05, 0.1) is 36.5 Å². The standard InChI is InChI=1S/C21H29ClN4O4/c1-14(21(28)23-15-3-4-15)26-7-5-25(6-8-26)13-20(27)24-17-12-19-18(11-16(17)22)29-9-2-10-30-19/h11-12,14-15H,2-10,13H2,1H3,(H,23,28)(H,24,27). The van der Waals surface area contributed by atoms with Crippen molar-refractivity contribution in [2.75, 3.05) is 51.3 Å². The maximum absolute atomic E-state index is 12.6. The number of carbonyl (C=O) groups excluding carboxylic acids is 2. The van der Waals surface area contributed by atoms with Crippen LogP contribution in [0.4, 0.5) is 5.69 Å². The van der Waals surface area contributed by atoms with Gasteiger partial charge in [-0.25, -0.2) is 0 Å². The number of nitrogens with one attached hydrogen (secondary N) is 2. The average molecular weight is 437 g/mol. The Morgan fingerprint density at radius 3 is 2.47 bits per heavy atom. The lowest BCUT2D eigenvalue weighted by Gasteiger charge is -2.37. The third-order valence-corrected chi connectivity index (χ3v) is 6.05. The first-order valence-electron chi connectivity index (χ1n) is 10.7. The smallest absolute Gasteiger partial charge is 0.238 e. The summed E-state index contributed by atoms with van der Waals surface area (Å²) in [7, 11) is 0. The molecule has 8 nitrogen and oxygen atoms in total. The zero-order chi connectivity index (χ0) is 21.1. The average Bonchev–Trinajstić information content (AvgIpc) is 3.56. The molecule has 1 saturated carbocycles. The Morgan fingerprint density at radius 2 is 1.80 bits per heavy atom. The summed E-state index contributed by atoms with van der Waals surface area (Å²) in [6, 6.07) is 3.65. The zero-order valence-corrected chi connectivity index (χ0v) is 18.0. The molecule has 1 saturated heterocycles. The number of fused-ring (bicyclic) bond motifs is 1. The van der Waals surface area contributed by atoms with E-state index in [0.717, 1.165) is 45.4 Å². The van der Waals surface area contributed by atoms with Gasteiger partial charge in [0.2, 0.25) is 11.8 Å². The molecule has 0 bridgehead atoms. The molecule has 1 aromatic rings. The predicted octanol–water partition coefficient (Wildman–Crippen LogP) is 1.72. The summed E-state index contributed by atoms with van der Waals surface area (Å²) >= 11 is 6.32. The first-order valence-corrected chi connectivity index (χ1v) is 11.0. The van der Waals surface area contributed by atoms with Crippen LogP contribution in [0.5, 0.6) is 11.5 Å². The number of benzene rings is 1. The number of hydrogen-bond acceptors (Lipinski definition) is 6. The lowest BCUT2D eigenvalue weighted by atomic mass is 10.2. The number of halogens is 1. The fraction of sp³-hybridized carbons (Fsp3) is 0.619. The molecule has 0 radical (unpaired) electrons. The number of piperazine rings is 1. The van der Waals surface area contributed by atoms with E-state index in [9.17, 15) is 9.59 Å². The van der Waals surface area contributed by atoms with E-state index in [1.54, 1.807) is 12.1 Å². The highest BCUT2D eigenvalue weighted by atomic mass is 35.5. The van der Waals surface area contributed by atoms with E-state index >= 15 is 0 Å². The van der Waals surface area contributed by atoms with Crippen LogP contribution < -0.4 is 20.1 Å². The second-order valence-electron chi connectivity index (χ2n) is 8.15.